The van der Waals surface area contributed by atoms with Gasteiger partial charge in [0.05, 0.1) is 5.56 Å². The molecular formula is C15H14F2N2O5. The summed E-state index contributed by atoms with van der Waals surface area (Å²) < 4.78 is 38.1. The Hall–Kier alpha value is -2.97. The first kappa shape index (κ1) is 17.4. The summed E-state index contributed by atoms with van der Waals surface area (Å²) in [7, 11) is 0. The van der Waals surface area contributed by atoms with E-state index in [0.29, 0.717) is 5.76 Å². The van der Waals surface area contributed by atoms with E-state index >= 15 is 0 Å². The summed E-state index contributed by atoms with van der Waals surface area (Å²) in [5.41, 5.74) is 0.0912. The number of carbonyl (C=O) groups excluding carboxylic acids is 2. The molecule has 1 N–H and O–H groups in total. The van der Waals surface area contributed by atoms with Crippen LogP contribution in [0.1, 0.15) is 23.0 Å². The van der Waals surface area contributed by atoms with Gasteiger partial charge in [0.1, 0.15) is 11.5 Å². The molecule has 0 fully saturated rings. The number of hydrogen-bond donors (Lipinski definition) is 1. The lowest BCUT2D eigenvalue weighted by Gasteiger charge is -2.12. The molecule has 2 aromatic rings. The number of ether oxygens (including phenoxy) is 2. The van der Waals surface area contributed by atoms with E-state index in [0.717, 1.165) is 0 Å². The Morgan fingerprint density at radius 3 is 2.46 bits per heavy atom. The lowest BCUT2D eigenvalue weighted by molar-refractivity contribution is -0.123. The number of anilines is 1. The van der Waals surface area contributed by atoms with E-state index in [1.807, 2.05) is 0 Å². The summed E-state index contributed by atoms with van der Waals surface area (Å²) in [6, 6.07) is 6.42. The minimum absolute atomic E-state index is 0.0891. The van der Waals surface area contributed by atoms with E-state index in [4.69, 9.17) is 9.26 Å². The largest absolute Gasteiger partial charge is 0.449 e. The molecule has 0 aliphatic carbocycles. The molecule has 1 atom stereocenters. The van der Waals surface area contributed by atoms with Gasteiger partial charge in [-0.2, -0.15) is 8.78 Å². The predicted molar refractivity (Wildman–Crippen MR) is 77.8 cm³/mol. The molecule has 1 heterocycles. The molecule has 0 aliphatic rings. The topological polar surface area (TPSA) is 90.7 Å². The van der Waals surface area contributed by atoms with Crippen molar-refractivity contribution in [3.05, 3.63) is 41.7 Å². The number of benzene rings is 1. The van der Waals surface area contributed by atoms with Crippen molar-refractivity contribution in [3.8, 4) is 5.75 Å². The van der Waals surface area contributed by atoms with Gasteiger partial charge in [0, 0.05) is 6.07 Å². The fraction of sp³-hybridized carbons (Fsp3) is 0.267. The number of nitrogens with one attached hydrogen (secondary N) is 1. The average Bonchev–Trinajstić information content (AvgIpc) is 2.92. The minimum Gasteiger partial charge on any atom is -0.449 e. The molecule has 9 heteroatoms. The number of alkyl halides is 2. The highest BCUT2D eigenvalue weighted by Crippen LogP contribution is 2.16. The maximum absolute atomic E-state index is 12.1. The third kappa shape index (κ3) is 4.77. The molecule has 2 rings (SSSR count). The van der Waals surface area contributed by atoms with Gasteiger partial charge < -0.3 is 19.3 Å². The summed E-state index contributed by atoms with van der Waals surface area (Å²) in [4.78, 5) is 23.8. The van der Waals surface area contributed by atoms with Gasteiger partial charge in [0.2, 0.25) is 0 Å². The van der Waals surface area contributed by atoms with Crippen molar-refractivity contribution in [2.75, 3.05) is 5.32 Å². The highest BCUT2D eigenvalue weighted by atomic mass is 19.3. The Labute approximate surface area is 135 Å². The zero-order valence-corrected chi connectivity index (χ0v) is 12.8. The number of hydrogen-bond acceptors (Lipinski definition) is 6. The summed E-state index contributed by atoms with van der Waals surface area (Å²) >= 11 is 0. The third-order valence-electron chi connectivity index (χ3n) is 2.85. The van der Waals surface area contributed by atoms with Crippen molar-refractivity contribution in [1.82, 2.24) is 5.16 Å². The van der Waals surface area contributed by atoms with Crippen molar-refractivity contribution in [3.63, 3.8) is 0 Å². The molecule has 0 bridgehead atoms. The van der Waals surface area contributed by atoms with Crippen molar-refractivity contribution >= 4 is 17.7 Å². The summed E-state index contributed by atoms with van der Waals surface area (Å²) in [5, 5.41) is 6.01. The van der Waals surface area contributed by atoms with Crippen LogP contribution in [-0.4, -0.2) is 29.7 Å². The second-order valence-corrected chi connectivity index (χ2v) is 4.76. The highest BCUT2D eigenvalue weighted by Gasteiger charge is 2.20. The van der Waals surface area contributed by atoms with E-state index in [1.54, 1.807) is 6.92 Å². The zero-order valence-electron chi connectivity index (χ0n) is 12.8. The zero-order chi connectivity index (χ0) is 17.7. The average molecular weight is 340 g/mol. The molecule has 1 amide bonds. The lowest BCUT2D eigenvalue weighted by Crippen LogP contribution is -2.30. The molecule has 128 valence electrons. The molecule has 0 aliphatic heterocycles. The molecule has 24 heavy (non-hydrogen) atoms. The van der Waals surface area contributed by atoms with Crippen molar-refractivity contribution in [2.45, 2.75) is 26.6 Å². The number of amides is 1. The van der Waals surface area contributed by atoms with Crippen LogP contribution in [-0.2, 0) is 9.53 Å². The minimum atomic E-state index is -2.95. The second-order valence-electron chi connectivity index (χ2n) is 4.76. The predicted octanol–water partition coefficient (Wildman–Crippen LogP) is 2.77. The number of carbonyl (C=O) groups is 2. The van der Waals surface area contributed by atoms with Crippen LogP contribution in [0, 0.1) is 6.92 Å². The molecule has 1 aromatic heterocycles. The smallest absolute Gasteiger partial charge is 0.387 e. The van der Waals surface area contributed by atoms with Gasteiger partial charge in [-0.1, -0.05) is 5.16 Å². The van der Waals surface area contributed by atoms with E-state index in [-0.39, 0.29) is 17.1 Å². The monoisotopic (exact) mass is 340 g/mol. The Morgan fingerprint density at radius 1 is 1.25 bits per heavy atom. The first-order valence-electron chi connectivity index (χ1n) is 6.85. The lowest BCUT2D eigenvalue weighted by atomic mass is 10.2. The van der Waals surface area contributed by atoms with E-state index in [2.05, 4.69) is 15.2 Å². The number of esters is 1. The summed E-state index contributed by atoms with van der Waals surface area (Å²) in [6.07, 6.45) is -1.09. The van der Waals surface area contributed by atoms with E-state index in [9.17, 15) is 18.4 Å². The van der Waals surface area contributed by atoms with Crippen LogP contribution in [0.15, 0.2) is 34.9 Å². The Balaban J connectivity index is 1.91. The molecule has 0 spiro atoms. The molecule has 0 saturated carbocycles. The van der Waals surface area contributed by atoms with Gasteiger partial charge in [-0.25, -0.2) is 4.79 Å². The summed E-state index contributed by atoms with van der Waals surface area (Å²) in [5.74, 6) is -0.740. The highest BCUT2D eigenvalue weighted by molar-refractivity contribution is 5.96. The van der Waals surface area contributed by atoms with Gasteiger partial charge in [-0.15, -0.1) is 0 Å². The third-order valence-corrected chi connectivity index (χ3v) is 2.85. The molecule has 7 nitrogen and oxygen atoms in total. The molecule has 0 saturated heterocycles. The molecule has 1 aromatic carbocycles. The number of nitrogens with zero attached hydrogens (tertiary/aromatic N) is 1. The fourth-order valence-corrected chi connectivity index (χ4v) is 1.71. The standard InChI is InChI=1S/C15H14F2N2O5/c1-8-7-12(19-24-8)18-13(20)9(2)22-14(21)10-3-5-11(6-4-10)23-15(16)17/h3-7,9,15H,1-2H3,(H,18,19,20). The van der Waals surface area contributed by atoms with Crippen LogP contribution in [0.5, 0.6) is 5.75 Å². The first-order valence-corrected chi connectivity index (χ1v) is 6.85. The van der Waals surface area contributed by atoms with Crippen molar-refractivity contribution in [2.24, 2.45) is 0 Å². The Morgan fingerprint density at radius 2 is 1.92 bits per heavy atom. The van der Waals surface area contributed by atoms with Crippen LogP contribution in [0.3, 0.4) is 0 Å². The fourth-order valence-electron chi connectivity index (χ4n) is 1.71. The quantitative estimate of drug-likeness (QED) is 0.813. The van der Waals surface area contributed by atoms with Crippen molar-refractivity contribution in [1.29, 1.82) is 0 Å². The summed E-state index contributed by atoms with van der Waals surface area (Å²) in [6.45, 7) is 0.0915. The number of rotatable bonds is 6. The number of aryl methyl sites for hydroxylation is 1. The molecule has 0 radical (unpaired) electrons. The SMILES string of the molecule is Cc1cc(NC(=O)C(C)OC(=O)c2ccc(OC(F)F)cc2)no1. The van der Waals surface area contributed by atoms with E-state index < -0.39 is 24.6 Å². The van der Waals surface area contributed by atoms with Crippen LogP contribution < -0.4 is 10.1 Å². The Bertz CT molecular complexity index is 715. The van der Waals surface area contributed by atoms with Gasteiger partial charge in [0.25, 0.3) is 5.91 Å². The number of halogens is 2. The number of aromatic nitrogens is 1. The maximum Gasteiger partial charge on any atom is 0.387 e. The second kappa shape index (κ2) is 7.53. The maximum atomic E-state index is 12.1. The molecule has 1 unspecified atom stereocenters. The van der Waals surface area contributed by atoms with Crippen LogP contribution >= 0.6 is 0 Å². The first-order chi connectivity index (χ1) is 11.3. The van der Waals surface area contributed by atoms with Crippen LogP contribution in [0.25, 0.3) is 0 Å². The van der Waals surface area contributed by atoms with Gasteiger partial charge in [0.15, 0.2) is 11.9 Å². The van der Waals surface area contributed by atoms with E-state index in [1.165, 1.54) is 37.3 Å². The van der Waals surface area contributed by atoms with Gasteiger partial charge in [-0.05, 0) is 38.1 Å². The van der Waals surface area contributed by atoms with Crippen LogP contribution in [0.4, 0.5) is 14.6 Å². The van der Waals surface area contributed by atoms with Gasteiger partial charge >= 0.3 is 12.6 Å². The molecular weight excluding hydrogens is 326 g/mol. The normalized spacial score (nSPS) is 11.9. The van der Waals surface area contributed by atoms with Gasteiger partial charge in [-0.3, -0.25) is 4.79 Å². The van der Waals surface area contributed by atoms with Crippen LogP contribution in [0.2, 0.25) is 0 Å². The van der Waals surface area contributed by atoms with Crippen molar-refractivity contribution < 1.29 is 32.4 Å². The Kier molecular flexibility index (Phi) is 5.46.